The van der Waals surface area contributed by atoms with E-state index in [1.807, 2.05) is 32.9 Å². The lowest BCUT2D eigenvalue weighted by atomic mass is 10.1. The molecule has 0 atom stereocenters. The topological polar surface area (TPSA) is 64.1 Å². The van der Waals surface area contributed by atoms with Crippen molar-refractivity contribution < 1.29 is 9.53 Å². The second kappa shape index (κ2) is 5.79. The van der Waals surface area contributed by atoms with Crippen molar-refractivity contribution >= 4 is 22.4 Å². The Morgan fingerprint density at radius 2 is 2.00 bits per heavy atom. The standard InChI is InChI=1S/C13H15N3O2S/c1-8-4-9(2)12(10(3)5-8)18-6-11(17)15-13-16-14-7-19-13/h4-5,7H,6H2,1-3H3,(H,15,16,17). The summed E-state index contributed by atoms with van der Waals surface area (Å²) in [5.41, 5.74) is 4.80. The third kappa shape index (κ3) is 3.51. The lowest BCUT2D eigenvalue weighted by Gasteiger charge is -2.12. The Kier molecular flexibility index (Phi) is 4.11. The molecule has 1 heterocycles. The number of ether oxygens (including phenoxy) is 1. The molecule has 0 unspecified atom stereocenters. The number of nitrogens with one attached hydrogen (secondary N) is 1. The van der Waals surface area contributed by atoms with Gasteiger partial charge in [-0.05, 0) is 31.9 Å². The molecule has 0 fully saturated rings. The van der Waals surface area contributed by atoms with Crippen molar-refractivity contribution in [1.82, 2.24) is 10.2 Å². The molecule has 0 saturated carbocycles. The fourth-order valence-electron chi connectivity index (χ4n) is 1.92. The number of anilines is 1. The first-order valence-corrected chi connectivity index (χ1v) is 6.71. The van der Waals surface area contributed by atoms with Crippen molar-refractivity contribution in [3.63, 3.8) is 0 Å². The number of carbonyl (C=O) groups is 1. The molecule has 1 aromatic carbocycles. The molecule has 0 bridgehead atoms. The second-order valence-corrected chi connectivity index (χ2v) is 5.14. The SMILES string of the molecule is Cc1cc(C)c(OCC(=O)Nc2nncs2)c(C)c1. The predicted molar refractivity (Wildman–Crippen MR) is 74.7 cm³/mol. The molecule has 1 amide bonds. The van der Waals surface area contributed by atoms with Gasteiger partial charge in [-0.3, -0.25) is 10.1 Å². The summed E-state index contributed by atoms with van der Waals surface area (Å²) in [6.45, 7) is 5.94. The molecule has 100 valence electrons. The molecule has 2 aromatic rings. The van der Waals surface area contributed by atoms with Crippen LogP contribution in [0.5, 0.6) is 5.75 Å². The summed E-state index contributed by atoms with van der Waals surface area (Å²) in [7, 11) is 0. The third-order valence-corrected chi connectivity index (χ3v) is 3.17. The summed E-state index contributed by atoms with van der Waals surface area (Å²) in [5, 5.41) is 10.5. The minimum Gasteiger partial charge on any atom is -0.483 e. The highest BCUT2D eigenvalue weighted by Gasteiger charge is 2.09. The lowest BCUT2D eigenvalue weighted by molar-refractivity contribution is -0.118. The van der Waals surface area contributed by atoms with E-state index in [0.29, 0.717) is 5.13 Å². The van der Waals surface area contributed by atoms with Gasteiger partial charge in [-0.2, -0.15) is 0 Å². The molecule has 19 heavy (non-hydrogen) atoms. The fraction of sp³-hybridized carbons (Fsp3) is 0.308. The van der Waals surface area contributed by atoms with E-state index >= 15 is 0 Å². The van der Waals surface area contributed by atoms with Crippen LogP contribution in [0.4, 0.5) is 5.13 Å². The zero-order chi connectivity index (χ0) is 13.8. The normalized spacial score (nSPS) is 10.3. The summed E-state index contributed by atoms with van der Waals surface area (Å²) < 4.78 is 5.58. The van der Waals surface area contributed by atoms with Crippen LogP contribution in [0.3, 0.4) is 0 Å². The van der Waals surface area contributed by atoms with Crippen molar-refractivity contribution in [3.8, 4) is 5.75 Å². The third-order valence-electron chi connectivity index (χ3n) is 2.56. The van der Waals surface area contributed by atoms with Crippen molar-refractivity contribution in [2.75, 3.05) is 11.9 Å². The van der Waals surface area contributed by atoms with Crippen LogP contribution in [-0.4, -0.2) is 22.7 Å². The van der Waals surface area contributed by atoms with Crippen molar-refractivity contribution in [2.24, 2.45) is 0 Å². The van der Waals surface area contributed by atoms with Gasteiger partial charge in [-0.1, -0.05) is 29.0 Å². The Balaban J connectivity index is 1.97. The Morgan fingerprint density at radius 1 is 1.32 bits per heavy atom. The Bertz CT molecular complexity index is 559. The van der Waals surface area contributed by atoms with E-state index in [1.54, 1.807) is 5.51 Å². The van der Waals surface area contributed by atoms with Gasteiger partial charge in [0.15, 0.2) is 6.61 Å². The maximum atomic E-state index is 11.7. The van der Waals surface area contributed by atoms with E-state index in [-0.39, 0.29) is 12.5 Å². The monoisotopic (exact) mass is 277 g/mol. The van der Waals surface area contributed by atoms with Crippen LogP contribution in [0.25, 0.3) is 0 Å². The van der Waals surface area contributed by atoms with Crippen molar-refractivity contribution in [1.29, 1.82) is 0 Å². The van der Waals surface area contributed by atoms with Crippen LogP contribution < -0.4 is 10.1 Å². The van der Waals surface area contributed by atoms with Crippen molar-refractivity contribution in [3.05, 3.63) is 34.3 Å². The molecule has 1 N–H and O–H groups in total. The van der Waals surface area contributed by atoms with E-state index < -0.39 is 0 Å². The fourth-order valence-corrected chi connectivity index (χ4v) is 2.38. The zero-order valence-electron chi connectivity index (χ0n) is 11.1. The first kappa shape index (κ1) is 13.5. The average molecular weight is 277 g/mol. The Hall–Kier alpha value is -1.95. The van der Waals surface area contributed by atoms with Crippen LogP contribution in [0.1, 0.15) is 16.7 Å². The summed E-state index contributed by atoms with van der Waals surface area (Å²) in [6, 6.07) is 4.07. The van der Waals surface area contributed by atoms with E-state index in [2.05, 4.69) is 15.5 Å². The molecule has 1 aromatic heterocycles. The van der Waals surface area contributed by atoms with Crippen LogP contribution >= 0.6 is 11.3 Å². The van der Waals surface area contributed by atoms with E-state index in [9.17, 15) is 4.79 Å². The number of rotatable bonds is 4. The quantitative estimate of drug-likeness (QED) is 0.932. The number of amides is 1. The van der Waals surface area contributed by atoms with Gasteiger partial charge < -0.3 is 4.74 Å². The van der Waals surface area contributed by atoms with Gasteiger partial charge in [-0.25, -0.2) is 0 Å². The van der Waals surface area contributed by atoms with Gasteiger partial charge in [0.2, 0.25) is 5.13 Å². The number of nitrogens with zero attached hydrogens (tertiary/aromatic N) is 2. The number of benzene rings is 1. The molecular weight excluding hydrogens is 262 g/mol. The molecule has 0 radical (unpaired) electrons. The first-order chi connectivity index (χ1) is 9.06. The molecule has 5 nitrogen and oxygen atoms in total. The van der Waals surface area contributed by atoms with Gasteiger partial charge in [0.1, 0.15) is 11.3 Å². The number of hydrogen-bond acceptors (Lipinski definition) is 5. The van der Waals surface area contributed by atoms with Crippen LogP contribution in [0.15, 0.2) is 17.6 Å². The largest absolute Gasteiger partial charge is 0.483 e. The van der Waals surface area contributed by atoms with Crippen molar-refractivity contribution in [2.45, 2.75) is 20.8 Å². The average Bonchev–Trinajstić information content (AvgIpc) is 2.80. The van der Waals surface area contributed by atoms with Gasteiger partial charge in [0, 0.05) is 0 Å². The van der Waals surface area contributed by atoms with Crippen LogP contribution in [0.2, 0.25) is 0 Å². The highest BCUT2D eigenvalue weighted by atomic mass is 32.1. The van der Waals surface area contributed by atoms with Gasteiger partial charge in [0.25, 0.3) is 5.91 Å². The molecular formula is C13H15N3O2S. The summed E-state index contributed by atoms with van der Waals surface area (Å²) in [5.74, 6) is 0.522. The van der Waals surface area contributed by atoms with E-state index in [4.69, 9.17) is 4.74 Å². The van der Waals surface area contributed by atoms with Crippen LogP contribution in [0, 0.1) is 20.8 Å². The molecule has 0 aliphatic carbocycles. The summed E-state index contributed by atoms with van der Waals surface area (Å²) >= 11 is 1.27. The first-order valence-electron chi connectivity index (χ1n) is 5.83. The number of aromatic nitrogens is 2. The van der Waals surface area contributed by atoms with Gasteiger partial charge in [-0.15, -0.1) is 10.2 Å². The second-order valence-electron chi connectivity index (χ2n) is 4.31. The predicted octanol–water partition coefficient (Wildman–Crippen LogP) is 2.48. The smallest absolute Gasteiger partial charge is 0.264 e. The maximum Gasteiger partial charge on any atom is 0.264 e. The minimum absolute atomic E-state index is 0.0374. The molecule has 0 spiro atoms. The zero-order valence-corrected chi connectivity index (χ0v) is 11.9. The highest BCUT2D eigenvalue weighted by molar-refractivity contribution is 7.13. The summed E-state index contributed by atoms with van der Waals surface area (Å²) in [4.78, 5) is 11.7. The van der Waals surface area contributed by atoms with Gasteiger partial charge in [0.05, 0.1) is 0 Å². The van der Waals surface area contributed by atoms with E-state index in [1.165, 1.54) is 16.9 Å². The molecule has 0 aliphatic rings. The molecule has 0 saturated heterocycles. The Morgan fingerprint density at radius 3 is 2.58 bits per heavy atom. The molecule has 0 aliphatic heterocycles. The summed E-state index contributed by atoms with van der Waals surface area (Å²) in [6.07, 6.45) is 0. The molecule has 2 rings (SSSR count). The maximum absolute atomic E-state index is 11.7. The minimum atomic E-state index is -0.240. The number of hydrogen-bond donors (Lipinski definition) is 1. The number of aryl methyl sites for hydroxylation is 3. The Labute approximate surface area is 115 Å². The lowest BCUT2D eigenvalue weighted by Crippen LogP contribution is -2.20. The number of carbonyl (C=O) groups excluding carboxylic acids is 1. The van der Waals surface area contributed by atoms with E-state index in [0.717, 1.165) is 16.9 Å². The van der Waals surface area contributed by atoms with Gasteiger partial charge >= 0.3 is 0 Å². The van der Waals surface area contributed by atoms with Crippen LogP contribution in [-0.2, 0) is 4.79 Å². The highest BCUT2D eigenvalue weighted by Crippen LogP contribution is 2.24. The molecule has 6 heteroatoms.